The number of carbonyl (C=O) groups is 2. The molecule has 0 saturated heterocycles. The van der Waals surface area contributed by atoms with Crippen LogP contribution in [0.4, 0.5) is 11.4 Å². The lowest BCUT2D eigenvalue weighted by Gasteiger charge is -2.29. The van der Waals surface area contributed by atoms with Crippen molar-refractivity contribution in [3.63, 3.8) is 0 Å². The molecular weight excluding hydrogens is 320 g/mol. The SMILES string of the molecule is CC(=O)Nc1ccc2c(c1)N(CCCOc1ccccc1)C(=O)CO2. The molecule has 2 amide bonds. The summed E-state index contributed by atoms with van der Waals surface area (Å²) in [6.07, 6.45) is 0.685. The fraction of sp³-hybridized carbons (Fsp3) is 0.263. The zero-order valence-electron chi connectivity index (χ0n) is 14.0. The molecule has 1 N–H and O–H groups in total. The van der Waals surface area contributed by atoms with Crippen LogP contribution < -0.4 is 19.7 Å². The molecule has 0 fully saturated rings. The summed E-state index contributed by atoms with van der Waals surface area (Å²) in [6.45, 7) is 2.49. The van der Waals surface area contributed by atoms with Gasteiger partial charge in [-0.2, -0.15) is 0 Å². The molecule has 6 heteroatoms. The van der Waals surface area contributed by atoms with Crippen LogP contribution in [0.5, 0.6) is 11.5 Å². The highest BCUT2D eigenvalue weighted by Crippen LogP contribution is 2.34. The minimum Gasteiger partial charge on any atom is -0.494 e. The van der Waals surface area contributed by atoms with Gasteiger partial charge in [0.2, 0.25) is 5.91 Å². The standard InChI is InChI=1S/C19H20N2O4/c1-14(22)20-15-8-9-18-17(12-15)21(19(23)13-25-18)10-5-11-24-16-6-3-2-4-7-16/h2-4,6-9,12H,5,10-11,13H2,1H3,(H,20,22). The molecule has 1 aliphatic heterocycles. The summed E-state index contributed by atoms with van der Waals surface area (Å²) in [5, 5.41) is 2.72. The third kappa shape index (κ3) is 4.29. The number of rotatable bonds is 6. The van der Waals surface area contributed by atoms with Crippen LogP contribution in [0.2, 0.25) is 0 Å². The Morgan fingerprint density at radius 3 is 2.80 bits per heavy atom. The van der Waals surface area contributed by atoms with E-state index in [0.717, 1.165) is 5.75 Å². The second kappa shape index (κ2) is 7.70. The van der Waals surface area contributed by atoms with Gasteiger partial charge >= 0.3 is 0 Å². The first-order chi connectivity index (χ1) is 12.1. The maximum absolute atomic E-state index is 12.2. The summed E-state index contributed by atoms with van der Waals surface area (Å²) in [5.41, 5.74) is 1.30. The lowest BCUT2D eigenvalue weighted by Crippen LogP contribution is -2.39. The summed E-state index contributed by atoms with van der Waals surface area (Å²) in [7, 11) is 0. The number of amides is 2. The van der Waals surface area contributed by atoms with Crippen molar-refractivity contribution >= 4 is 23.2 Å². The van der Waals surface area contributed by atoms with Gasteiger partial charge in [-0.3, -0.25) is 9.59 Å². The molecule has 0 aliphatic carbocycles. The third-order valence-electron chi connectivity index (χ3n) is 3.76. The minimum absolute atomic E-state index is 0.0199. The number of fused-ring (bicyclic) bond motifs is 1. The molecule has 1 aliphatic rings. The molecule has 2 aromatic carbocycles. The first-order valence-corrected chi connectivity index (χ1v) is 8.16. The number of hydrogen-bond acceptors (Lipinski definition) is 4. The monoisotopic (exact) mass is 340 g/mol. The highest BCUT2D eigenvalue weighted by atomic mass is 16.5. The van der Waals surface area contributed by atoms with Gasteiger partial charge in [0.05, 0.1) is 12.3 Å². The van der Waals surface area contributed by atoms with Gasteiger partial charge in [0.15, 0.2) is 6.61 Å². The normalized spacial score (nSPS) is 13.0. The van der Waals surface area contributed by atoms with E-state index < -0.39 is 0 Å². The van der Waals surface area contributed by atoms with E-state index >= 15 is 0 Å². The first kappa shape index (κ1) is 16.8. The number of benzene rings is 2. The average molecular weight is 340 g/mol. The average Bonchev–Trinajstić information content (AvgIpc) is 2.60. The summed E-state index contributed by atoms with van der Waals surface area (Å²) in [5.74, 6) is 1.18. The fourth-order valence-electron chi connectivity index (χ4n) is 2.66. The van der Waals surface area contributed by atoms with Gasteiger partial charge in [0.25, 0.3) is 5.91 Å². The van der Waals surface area contributed by atoms with Gasteiger partial charge in [-0.15, -0.1) is 0 Å². The van der Waals surface area contributed by atoms with Crippen molar-refractivity contribution in [3.05, 3.63) is 48.5 Å². The Balaban J connectivity index is 1.64. The van der Waals surface area contributed by atoms with Crippen molar-refractivity contribution in [3.8, 4) is 11.5 Å². The van der Waals surface area contributed by atoms with Crippen LogP contribution in [0.3, 0.4) is 0 Å². The van der Waals surface area contributed by atoms with E-state index in [2.05, 4.69) is 5.32 Å². The van der Waals surface area contributed by atoms with Crippen LogP contribution in [0.1, 0.15) is 13.3 Å². The van der Waals surface area contributed by atoms with Crippen LogP contribution in [0.15, 0.2) is 48.5 Å². The summed E-state index contributed by atoms with van der Waals surface area (Å²) < 4.78 is 11.1. The fourth-order valence-corrected chi connectivity index (χ4v) is 2.66. The molecule has 6 nitrogen and oxygen atoms in total. The second-order valence-corrected chi connectivity index (χ2v) is 5.71. The van der Waals surface area contributed by atoms with E-state index in [-0.39, 0.29) is 18.4 Å². The van der Waals surface area contributed by atoms with Crippen LogP contribution in [0.25, 0.3) is 0 Å². The van der Waals surface area contributed by atoms with Crippen molar-refractivity contribution in [1.29, 1.82) is 0 Å². The number of hydrogen-bond donors (Lipinski definition) is 1. The molecule has 0 saturated carbocycles. The van der Waals surface area contributed by atoms with E-state index in [1.54, 1.807) is 23.1 Å². The minimum atomic E-state index is -0.161. The zero-order valence-corrected chi connectivity index (χ0v) is 14.0. The van der Waals surface area contributed by atoms with Gasteiger partial charge in [0.1, 0.15) is 11.5 Å². The molecule has 0 unspecified atom stereocenters. The molecular formula is C19H20N2O4. The van der Waals surface area contributed by atoms with Gasteiger partial charge in [-0.1, -0.05) is 18.2 Å². The molecule has 0 atom stereocenters. The van der Waals surface area contributed by atoms with Crippen LogP contribution in [-0.4, -0.2) is 31.6 Å². The van der Waals surface area contributed by atoms with Gasteiger partial charge < -0.3 is 19.7 Å². The Morgan fingerprint density at radius 1 is 1.24 bits per heavy atom. The van der Waals surface area contributed by atoms with Crippen LogP contribution in [0, 0.1) is 0 Å². The van der Waals surface area contributed by atoms with E-state index in [4.69, 9.17) is 9.47 Å². The molecule has 0 aromatic heterocycles. The summed E-state index contributed by atoms with van der Waals surface area (Å²) in [6, 6.07) is 14.8. The van der Waals surface area contributed by atoms with Crippen LogP contribution in [-0.2, 0) is 9.59 Å². The number of para-hydroxylation sites is 1. The quantitative estimate of drug-likeness (QED) is 0.821. The number of nitrogens with one attached hydrogen (secondary N) is 1. The maximum atomic E-state index is 12.2. The largest absolute Gasteiger partial charge is 0.494 e. The van der Waals surface area contributed by atoms with Gasteiger partial charge in [0, 0.05) is 19.2 Å². The van der Waals surface area contributed by atoms with E-state index in [1.165, 1.54) is 6.92 Å². The van der Waals surface area contributed by atoms with E-state index in [1.807, 2.05) is 30.3 Å². The highest BCUT2D eigenvalue weighted by molar-refractivity contribution is 5.99. The molecule has 130 valence electrons. The van der Waals surface area contributed by atoms with Gasteiger partial charge in [-0.05, 0) is 36.8 Å². The number of ether oxygens (including phenoxy) is 2. The predicted molar refractivity (Wildman–Crippen MR) is 95.1 cm³/mol. The van der Waals surface area contributed by atoms with Crippen molar-refractivity contribution in [2.75, 3.05) is 30.0 Å². The molecule has 0 spiro atoms. The Labute approximate surface area is 146 Å². The van der Waals surface area contributed by atoms with E-state index in [0.29, 0.717) is 36.7 Å². The molecule has 2 aromatic rings. The lowest BCUT2D eigenvalue weighted by atomic mass is 10.2. The summed E-state index contributed by atoms with van der Waals surface area (Å²) in [4.78, 5) is 25.1. The van der Waals surface area contributed by atoms with Crippen molar-refractivity contribution in [2.45, 2.75) is 13.3 Å². The second-order valence-electron chi connectivity index (χ2n) is 5.71. The van der Waals surface area contributed by atoms with Crippen LogP contribution >= 0.6 is 0 Å². The Kier molecular flexibility index (Phi) is 5.18. The first-order valence-electron chi connectivity index (χ1n) is 8.16. The number of anilines is 2. The molecule has 0 bridgehead atoms. The highest BCUT2D eigenvalue weighted by Gasteiger charge is 2.25. The topological polar surface area (TPSA) is 67.9 Å². The Hall–Kier alpha value is -3.02. The van der Waals surface area contributed by atoms with Gasteiger partial charge in [-0.25, -0.2) is 0 Å². The zero-order chi connectivity index (χ0) is 17.6. The van der Waals surface area contributed by atoms with Crippen molar-refractivity contribution in [2.24, 2.45) is 0 Å². The number of nitrogens with zero attached hydrogens (tertiary/aromatic N) is 1. The molecule has 0 radical (unpaired) electrons. The van der Waals surface area contributed by atoms with Crippen molar-refractivity contribution < 1.29 is 19.1 Å². The Morgan fingerprint density at radius 2 is 2.04 bits per heavy atom. The Bertz CT molecular complexity index is 761. The lowest BCUT2D eigenvalue weighted by molar-refractivity contribution is -0.121. The smallest absolute Gasteiger partial charge is 0.265 e. The maximum Gasteiger partial charge on any atom is 0.265 e. The van der Waals surface area contributed by atoms with Crippen molar-refractivity contribution in [1.82, 2.24) is 0 Å². The summed E-state index contributed by atoms with van der Waals surface area (Å²) >= 11 is 0. The number of carbonyl (C=O) groups excluding carboxylic acids is 2. The molecule has 25 heavy (non-hydrogen) atoms. The predicted octanol–water partition coefficient (Wildman–Crippen LogP) is 2.84. The molecule has 3 rings (SSSR count). The third-order valence-corrected chi connectivity index (χ3v) is 3.76. The van der Waals surface area contributed by atoms with E-state index in [9.17, 15) is 9.59 Å². The molecule has 1 heterocycles.